The van der Waals surface area contributed by atoms with Gasteiger partial charge in [0, 0.05) is 18.8 Å². The summed E-state index contributed by atoms with van der Waals surface area (Å²) in [6, 6.07) is 2.36. The summed E-state index contributed by atoms with van der Waals surface area (Å²) in [5, 5.41) is 2.37. The first-order valence-electron chi connectivity index (χ1n) is 5.36. The van der Waals surface area contributed by atoms with Crippen LogP contribution in [0.3, 0.4) is 0 Å². The molecule has 1 heterocycles. The van der Waals surface area contributed by atoms with Crippen LogP contribution in [0.15, 0.2) is 12.1 Å². The lowest BCUT2D eigenvalue weighted by atomic mass is 10.3. The zero-order valence-electron chi connectivity index (χ0n) is 9.38. The molecule has 0 aromatic heterocycles. The smallest absolute Gasteiger partial charge is 0.322 e. The van der Waals surface area contributed by atoms with Gasteiger partial charge >= 0.3 is 6.03 Å². The lowest BCUT2D eigenvalue weighted by Gasteiger charge is -2.27. The summed E-state index contributed by atoms with van der Waals surface area (Å²) in [7, 11) is 0. The van der Waals surface area contributed by atoms with Gasteiger partial charge in [0.05, 0.1) is 23.3 Å². The first-order chi connectivity index (χ1) is 8.58. The van der Waals surface area contributed by atoms with Crippen LogP contribution in [0.25, 0.3) is 0 Å². The number of benzene rings is 1. The second kappa shape index (κ2) is 5.73. The second-order valence-electron chi connectivity index (χ2n) is 3.78. The maximum atomic E-state index is 13.2. The monoisotopic (exact) mass is 292 g/mol. The van der Waals surface area contributed by atoms with Gasteiger partial charge in [-0.25, -0.2) is 9.18 Å². The van der Waals surface area contributed by atoms with Crippen molar-refractivity contribution < 1.29 is 13.9 Å². The second-order valence-corrected chi connectivity index (χ2v) is 4.60. The Labute approximate surface area is 114 Å². The van der Waals surface area contributed by atoms with Crippen molar-refractivity contribution in [2.75, 3.05) is 31.6 Å². The van der Waals surface area contributed by atoms with Crippen molar-refractivity contribution in [2.24, 2.45) is 0 Å². The van der Waals surface area contributed by atoms with Crippen LogP contribution in [-0.2, 0) is 4.74 Å². The summed E-state index contributed by atoms with van der Waals surface area (Å²) in [6.45, 7) is 2.07. The predicted molar refractivity (Wildman–Crippen MR) is 67.8 cm³/mol. The molecule has 18 heavy (non-hydrogen) atoms. The van der Waals surface area contributed by atoms with Crippen molar-refractivity contribution in [2.45, 2.75) is 0 Å². The molecule has 0 spiro atoms. The summed E-state index contributed by atoms with van der Waals surface area (Å²) in [4.78, 5) is 13.5. The van der Waals surface area contributed by atoms with E-state index in [1.165, 1.54) is 12.1 Å². The summed E-state index contributed by atoms with van der Waals surface area (Å²) >= 11 is 11.3. The van der Waals surface area contributed by atoms with E-state index in [0.717, 1.165) is 0 Å². The maximum absolute atomic E-state index is 13.2. The fourth-order valence-corrected chi connectivity index (χ4v) is 2.08. The third-order valence-electron chi connectivity index (χ3n) is 2.53. The Balaban J connectivity index is 2.06. The van der Waals surface area contributed by atoms with Gasteiger partial charge < -0.3 is 15.0 Å². The van der Waals surface area contributed by atoms with E-state index in [1.54, 1.807) is 4.90 Å². The molecular formula is C11H11Cl2FN2O2. The van der Waals surface area contributed by atoms with Gasteiger partial charge in [0.1, 0.15) is 0 Å². The van der Waals surface area contributed by atoms with Crippen LogP contribution in [0.4, 0.5) is 14.9 Å². The van der Waals surface area contributed by atoms with E-state index in [4.69, 9.17) is 27.9 Å². The van der Waals surface area contributed by atoms with Gasteiger partial charge in [-0.2, -0.15) is 0 Å². The number of carbonyl (C=O) groups excluding carboxylic acids is 1. The molecule has 1 saturated heterocycles. The Morgan fingerprint density at radius 1 is 1.28 bits per heavy atom. The van der Waals surface area contributed by atoms with Crippen LogP contribution in [0, 0.1) is 5.82 Å². The molecule has 1 aliphatic heterocycles. The third kappa shape index (κ3) is 3.04. The third-order valence-corrected chi connectivity index (χ3v) is 3.08. The molecule has 0 saturated carbocycles. The van der Waals surface area contributed by atoms with Gasteiger partial charge in [-0.15, -0.1) is 0 Å². The minimum Gasteiger partial charge on any atom is -0.378 e. The molecule has 98 valence electrons. The Bertz CT molecular complexity index is 441. The fourth-order valence-electron chi connectivity index (χ4n) is 1.60. The Morgan fingerprint density at radius 3 is 2.39 bits per heavy atom. The minimum absolute atomic E-state index is 0.125. The summed E-state index contributed by atoms with van der Waals surface area (Å²) in [5.41, 5.74) is 0.364. The van der Waals surface area contributed by atoms with Crippen LogP contribution in [0.1, 0.15) is 0 Å². The van der Waals surface area contributed by atoms with Crippen molar-refractivity contribution in [3.8, 4) is 0 Å². The highest BCUT2D eigenvalue weighted by Gasteiger charge is 2.17. The Kier molecular flexibility index (Phi) is 4.27. The number of urea groups is 1. The average Bonchev–Trinajstić information content (AvgIpc) is 2.37. The van der Waals surface area contributed by atoms with Gasteiger partial charge in [0.2, 0.25) is 0 Å². The molecule has 0 unspecified atom stereocenters. The van der Waals surface area contributed by atoms with Gasteiger partial charge in [-0.3, -0.25) is 0 Å². The number of morpholine rings is 1. The zero-order chi connectivity index (χ0) is 13.1. The largest absolute Gasteiger partial charge is 0.378 e. The van der Waals surface area contributed by atoms with Crippen molar-refractivity contribution in [3.63, 3.8) is 0 Å². The normalized spacial score (nSPS) is 15.6. The number of hydrogen-bond donors (Lipinski definition) is 1. The fraction of sp³-hybridized carbons (Fsp3) is 0.364. The molecule has 1 fully saturated rings. The van der Waals surface area contributed by atoms with Crippen molar-refractivity contribution >= 4 is 34.9 Å². The van der Waals surface area contributed by atoms with Gasteiger partial charge in [-0.1, -0.05) is 23.2 Å². The van der Waals surface area contributed by atoms with Crippen molar-refractivity contribution in [1.29, 1.82) is 0 Å². The highest BCUT2D eigenvalue weighted by atomic mass is 35.5. The van der Waals surface area contributed by atoms with E-state index in [0.29, 0.717) is 32.0 Å². The number of amides is 2. The Morgan fingerprint density at radius 2 is 1.83 bits per heavy atom. The maximum Gasteiger partial charge on any atom is 0.322 e. The van der Waals surface area contributed by atoms with E-state index < -0.39 is 5.82 Å². The molecule has 0 aliphatic carbocycles. The molecule has 2 rings (SSSR count). The highest BCUT2D eigenvalue weighted by Crippen LogP contribution is 2.27. The summed E-state index contributed by atoms with van der Waals surface area (Å²) < 4.78 is 18.3. The first-order valence-corrected chi connectivity index (χ1v) is 6.12. The molecule has 0 atom stereocenters. The van der Waals surface area contributed by atoms with E-state index in [9.17, 15) is 9.18 Å². The van der Waals surface area contributed by atoms with Gasteiger partial charge in [0.15, 0.2) is 5.82 Å². The van der Waals surface area contributed by atoms with Crippen molar-refractivity contribution in [1.82, 2.24) is 4.90 Å². The average molecular weight is 293 g/mol. The van der Waals surface area contributed by atoms with E-state index in [1.807, 2.05) is 0 Å². The van der Waals surface area contributed by atoms with Crippen LogP contribution < -0.4 is 5.32 Å². The van der Waals surface area contributed by atoms with E-state index >= 15 is 0 Å². The number of anilines is 1. The standard InChI is InChI=1S/C11H11Cl2FN2O2/c12-8-5-7(6-9(13)10(8)14)15-11(17)16-1-3-18-4-2-16/h5-6H,1-4H2,(H,15,17). The molecule has 1 aromatic rings. The molecule has 4 nitrogen and oxygen atoms in total. The van der Waals surface area contributed by atoms with Crippen LogP contribution >= 0.6 is 23.2 Å². The van der Waals surface area contributed by atoms with Crippen LogP contribution in [-0.4, -0.2) is 37.2 Å². The van der Waals surface area contributed by atoms with Crippen LogP contribution in [0.5, 0.6) is 0 Å². The molecular weight excluding hydrogens is 282 g/mol. The minimum atomic E-state index is -0.692. The van der Waals surface area contributed by atoms with Gasteiger partial charge in [0.25, 0.3) is 0 Å². The lowest BCUT2D eigenvalue weighted by Crippen LogP contribution is -2.43. The number of nitrogens with zero attached hydrogens (tertiary/aromatic N) is 1. The zero-order valence-corrected chi connectivity index (χ0v) is 10.9. The number of nitrogens with one attached hydrogen (secondary N) is 1. The highest BCUT2D eigenvalue weighted by molar-refractivity contribution is 6.35. The predicted octanol–water partition coefficient (Wildman–Crippen LogP) is 3.00. The molecule has 2 amide bonds. The van der Waals surface area contributed by atoms with Gasteiger partial charge in [-0.05, 0) is 12.1 Å². The number of carbonyl (C=O) groups is 1. The molecule has 0 bridgehead atoms. The topological polar surface area (TPSA) is 41.6 Å². The quantitative estimate of drug-likeness (QED) is 0.809. The first kappa shape index (κ1) is 13.4. The SMILES string of the molecule is O=C(Nc1cc(Cl)c(F)c(Cl)c1)N1CCOCC1. The number of rotatable bonds is 1. The molecule has 1 N–H and O–H groups in total. The molecule has 1 aliphatic rings. The molecule has 7 heteroatoms. The lowest BCUT2D eigenvalue weighted by molar-refractivity contribution is 0.0564. The number of hydrogen-bond acceptors (Lipinski definition) is 2. The van der Waals surface area contributed by atoms with Crippen molar-refractivity contribution in [3.05, 3.63) is 28.0 Å². The van der Waals surface area contributed by atoms with E-state index in [2.05, 4.69) is 5.32 Å². The van der Waals surface area contributed by atoms with E-state index in [-0.39, 0.29) is 16.1 Å². The summed E-state index contributed by atoms with van der Waals surface area (Å²) in [6.07, 6.45) is 0. The summed E-state index contributed by atoms with van der Waals surface area (Å²) in [5.74, 6) is -0.692. The number of halogens is 3. The Hall–Kier alpha value is -1.04. The van der Waals surface area contributed by atoms with Crippen LogP contribution in [0.2, 0.25) is 10.0 Å². The molecule has 1 aromatic carbocycles. The number of ether oxygens (including phenoxy) is 1. The molecule has 0 radical (unpaired) electrons.